The van der Waals surface area contributed by atoms with Crippen LogP contribution in [0.1, 0.15) is 27.4 Å². The number of nitrogens with one attached hydrogen (secondary N) is 1. The number of hydrogen-bond acceptors (Lipinski definition) is 5. The minimum Gasteiger partial charge on any atom is -0.446 e. The first-order chi connectivity index (χ1) is 11.1. The Morgan fingerprint density at radius 2 is 2.17 bits per heavy atom. The summed E-state index contributed by atoms with van der Waals surface area (Å²) in [5.41, 5.74) is 18.7. The Bertz CT molecular complexity index is 815. The van der Waals surface area contributed by atoms with E-state index >= 15 is 0 Å². The van der Waals surface area contributed by atoms with Gasteiger partial charge in [0.05, 0.1) is 18.8 Å². The van der Waals surface area contributed by atoms with Crippen molar-refractivity contribution in [2.75, 3.05) is 0 Å². The molecule has 2 rings (SSSR count). The highest BCUT2D eigenvalue weighted by Gasteiger charge is 2.10. The summed E-state index contributed by atoms with van der Waals surface area (Å²) in [5.74, 6) is 0.178. The predicted molar refractivity (Wildman–Crippen MR) is 80.5 cm³/mol. The molecular formula is C13H12N8O2. The lowest BCUT2D eigenvalue weighted by atomic mass is 10.1. The molecule has 0 radical (unpaired) electrons. The summed E-state index contributed by atoms with van der Waals surface area (Å²) in [6.45, 7) is 2.00. The van der Waals surface area contributed by atoms with Crippen molar-refractivity contribution in [3.05, 3.63) is 68.1 Å². The molecule has 1 aromatic carbocycles. The number of carbonyl (C=O) groups is 1. The lowest BCUT2D eigenvalue weighted by Gasteiger charge is -2.07. The van der Waals surface area contributed by atoms with E-state index in [1.807, 2.05) is 0 Å². The quantitative estimate of drug-likeness (QED) is 0.491. The molecular weight excluding hydrogens is 300 g/mol. The van der Waals surface area contributed by atoms with Gasteiger partial charge in [0.15, 0.2) is 6.39 Å². The largest absolute Gasteiger partial charge is 0.446 e. The number of nitrogens with zero attached hydrogens (tertiary/aromatic N) is 7. The molecule has 1 amide bonds. The van der Waals surface area contributed by atoms with Crippen molar-refractivity contribution in [2.45, 2.75) is 20.0 Å². The Hall–Kier alpha value is -3.48. The van der Waals surface area contributed by atoms with Crippen LogP contribution in [0.3, 0.4) is 0 Å². The lowest BCUT2D eigenvalue weighted by molar-refractivity contribution is 0.0948. The Balaban J connectivity index is 2.20. The summed E-state index contributed by atoms with van der Waals surface area (Å²) >= 11 is 0. The summed E-state index contributed by atoms with van der Waals surface area (Å²) in [4.78, 5) is 21.5. The smallest absolute Gasteiger partial charge is 0.251 e. The third-order valence-corrected chi connectivity index (χ3v) is 2.97. The number of hydrogen-bond donors (Lipinski definition) is 1. The third kappa shape index (κ3) is 4.24. The van der Waals surface area contributed by atoms with Gasteiger partial charge in [-0.05, 0) is 41.7 Å². The van der Waals surface area contributed by atoms with Crippen LogP contribution >= 0.6 is 0 Å². The van der Waals surface area contributed by atoms with Crippen LogP contribution in [0.5, 0.6) is 0 Å². The second-order valence-electron chi connectivity index (χ2n) is 4.51. The van der Waals surface area contributed by atoms with E-state index in [-0.39, 0.29) is 30.2 Å². The van der Waals surface area contributed by atoms with E-state index in [2.05, 4.69) is 30.4 Å². The normalized spacial score (nSPS) is 9.61. The van der Waals surface area contributed by atoms with Gasteiger partial charge < -0.3 is 9.73 Å². The van der Waals surface area contributed by atoms with Gasteiger partial charge in [-0.1, -0.05) is 10.2 Å². The summed E-state index contributed by atoms with van der Waals surface area (Å²) in [5, 5.41) is 9.60. The Morgan fingerprint density at radius 3 is 2.83 bits per heavy atom. The topological polar surface area (TPSA) is 153 Å². The maximum Gasteiger partial charge on any atom is 0.251 e. The monoisotopic (exact) mass is 312 g/mol. The van der Waals surface area contributed by atoms with Crippen LogP contribution in [0.25, 0.3) is 20.9 Å². The fourth-order valence-corrected chi connectivity index (χ4v) is 1.88. The molecule has 0 bridgehead atoms. The first-order valence-electron chi connectivity index (χ1n) is 6.51. The molecule has 0 saturated carbocycles. The van der Waals surface area contributed by atoms with E-state index < -0.39 is 0 Å². The number of aromatic nitrogens is 1. The predicted octanol–water partition coefficient (Wildman–Crippen LogP) is 3.67. The molecule has 0 aliphatic rings. The Labute approximate surface area is 130 Å². The van der Waals surface area contributed by atoms with E-state index in [9.17, 15) is 4.79 Å². The van der Waals surface area contributed by atoms with Gasteiger partial charge in [0, 0.05) is 21.1 Å². The molecule has 2 aromatic rings. The number of benzene rings is 1. The summed E-state index contributed by atoms with van der Waals surface area (Å²) in [6.07, 6.45) is 1.30. The van der Waals surface area contributed by atoms with E-state index in [1.165, 1.54) is 12.5 Å². The number of carbonyl (C=O) groups excluding carboxylic acids is 1. The van der Waals surface area contributed by atoms with Crippen LogP contribution < -0.4 is 5.32 Å². The fraction of sp³-hybridized carbons (Fsp3) is 0.231. The molecule has 0 fully saturated rings. The highest BCUT2D eigenvalue weighted by Crippen LogP contribution is 2.19. The summed E-state index contributed by atoms with van der Waals surface area (Å²) in [7, 11) is 0. The molecule has 116 valence electrons. The van der Waals surface area contributed by atoms with Crippen LogP contribution in [-0.2, 0) is 13.1 Å². The molecule has 23 heavy (non-hydrogen) atoms. The molecule has 10 heteroatoms. The zero-order valence-electron chi connectivity index (χ0n) is 12.2. The second kappa shape index (κ2) is 7.51. The van der Waals surface area contributed by atoms with Crippen LogP contribution in [0, 0.1) is 6.92 Å². The second-order valence-corrected chi connectivity index (χ2v) is 4.51. The zero-order valence-corrected chi connectivity index (χ0v) is 12.2. The molecule has 1 heterocycles. The SMILES string of the molecule is Cc1ncoc1CNC(=O)c1cc(CN=[N+]=[N-])cc(N=[N+]=[N-])c1. The van der Waals surface area contributed by atoms with Gasteiger partial charge in [0.2, 0.25) is 0 Å². The average molecular weight is 312 g/mol. The standard InChI is InChI=1S/C13H12N8O2/c1-8-12(23-7-17-8)6-16-13(22)10-2-9(5-18-20-14)3-11(4-10)19-21-15/h2-4,7H,5-6H2,1H3,(H,16,22). The zero-order chi connectivity index (χ0) is 16.7. The molecule has 0 spiro atoms. The van der Waals surface area contributed by atoms with Crippen molar-refractivity contribution in [1.82, 2.24) is 10.3 Å². The van der Waals surface area contributed by atoms with E-state index in [1.54, 1.807) is 19.1 Å². The van der Waals surface area contributed by atoms with Crippen LogP contribution in [0.2, 0.25) is 0 Å². The Morgan fingerprint density at radius 1 is 1.35 bits per heavy atom. The van der Waals surface area contributed by atoms with Crippen molar-refractivity contribution in [3.63, 3.8) is 0 Å². The highest BCUT2D eigenvalue weighted by atomic mass is 16.3. The molecule has 0 unspecified atom stereocenters. The number of azide groups is 2. The molecule has 0 aliphatic heterocycles. The summed E-state index contributed by atoms with van der Waals surface area (Å²) < 4.78 is 5.14. The maximum absolute atomic E-state index is 12.2. The summed E-state index contributed by atoms with van der Waals surface area (Å²) in [6, 6.07) is 4.56. The molecule has 0 aliphatic carbocycles. The number of amides is 1. The van der Waals surface area contributed by atoms with E-state index in [0.29, 0.717) is 17.0 Å². The highest BCUT2D eigenvalue weighted by molar-refractivity contribution is 5.95. The van der Waals surface area contributed by atoms with Gasteiger partial charge >= 0.3 is 0 Å². The van der Waals surface area contributed by atoms with E-state index in [0.717, 1.165) is 0 Å². The number of rotatable bonds is 6. The van der Waals surface area contributed by atoms with Gasteiger partial charge in [-0.25, -0.2) is 4.98 Å². The minimum absolute atomic E-state index is 0.0484. The van der Waals surface area contributed by atoms with Crippen molar-refractivity contribution in [3.8, 4) is 0 Å². The first-order valence-corrected chi connectivity index (χ1v) is 6.51. The minimum atomic E-state index is -0.377. The molecule has 0 atom stereocenters. The first kappa shape index (κ1) is 15.9. The number of oxazole rings is 1. The molecule has 1 N–H and O–H groups in total. The van der Waals surface area contributed by atoms with Crippen LogP contribution in [0.4, 0.5) is 5.69 Å². The van der Waals surface area contributed by atoms with Crippen molar-refractivity contribution in [2.24, 2.45) is 10.2 Å². The Kier molecular flexibility index (Phi) is 5.19. The van der Waals surface area contributed by atoms with Gasteiger partial charge in [-0.3, -0.25) is 4.79 Å². The van der Waals surface area contributed by atoms with Crippen molar-refractivity contribution >= 4 is 11.6 Å². The molecule has 0 saturated heterocycles. The average Bonchev–Trinajstić information content (AvgIpc) is 2.96. The van der Waals surface area contributed by atoms with Gasteiger partial charge in [0.1, 0.15) is 5.76 Å². The molecule has 10 nitrogen and oxygen atoms in total. The number of aryl methyl sites for hydroxylation is 1. The van der Waals surface area contributed by atoms with Gasteiger partial charge in [-0.15, -0.1) is 0 Å². The maximum atomic E-state index is 12.2. The van der Waals surface area contributed by atoms with Crippen molar-refractivity contribution in [1.29, 1.82) is 0 Å². The van der Waals surface area contributed by atoms with Gasteiger partial charge in [0.25, 0.3) is 5.91 Å². The van der Waals surface area contributed by atoms with Crippen molar-refractivity contribution < 1.29 is 9.21 Å². The fourth-order valence-electron chi connectivity index (χ4n) is 1.88. The van der Waals surface area contributed by atoms with E-state index in [4.69, 9.17) is 15.5 Å². The lowest BCUT2D eigenvalue weighted by Crippen LogP contribution is -2.23. The van der Waals surface area contributed by atoms with Crippen LogP contribution in [0.15, 0.2) is 39.2 Å². The van der Waals surface area contributed by atoms with Crippen LogP contribution in [-0.4, -0.2) is 10.9 Å². The molecule has 1 aromatic heterocycles. The third-order valence-electron chi connectivity index (χ3n) is 2.97. The van der Waals surface area contributed by atoms with Gasteiger partial charge in [-0.2, -0.15) is 0 Å².